The van der Waals surface area contributed by atoms with Crippen LogP contribution >= 0.6 is 0 Å². The van der Waals surface area contributed by atoms with Crippen LogP contribution in [0.5, 0.6) is 0 Å². The van der Waals surface area contributed by atoms with E-state index in [1.165, 1.54) is 51.7 Å². The Bertz CT molecular complexity index is 136. The zero-order valence-corrected chi connectivity index (χ0v) is 9.80. The zero-order valence-electron chi connectivity index (χ0n) is 9.80. The summed E-state index contributed by atoms with van der Waals surface area (Å²) in [6.07, 6.45) is 7.31. The molecule has 1 heterocycles. The van der Waals surface area contributed by atoms with E-state index in [9.17, 15) is 0 Å². The highest BCUT2D eigenvalue weighted by Crippen LogP contribution is 2.09. The molecule has 1 aliphatic rings. The highest BCUT2D eigenvalue weighted by Gasteiger charge is 2.11. The topological polar surface area (TPSA) is 44.3 Å². The minimum Gasteiger partial charge on any atom is -0.396 e. The summed E-state index contributed by atoms with van der Waals surface area (Å²) >= 11 is 0. The van der Waals surface area contributed by atoms with Crippen LogP contribution in [0.3, 0.4) is 0 Å². The molecule has 0 saturated carbocycles. The van der Waals surface area contributed by atoms with Crippen molar-refractivity contribution in [1.82, 2.24) is 10.6 Å². The molecule has 3 nitrogen and oxygen atoms in total. The van der Waals surface area contributed by atoms with Crippen LogP contribution in [0.25, 0.3) is 0 Å². The molecule has 0 unspecified atom stereocenters. The third kappa shape index (κ3) is 6.88. The van der Waals surface area contributed by atoms with Gasteiger partial charge in [0.15, 0.2) is 0 Å². The lowest BCUT2D eigenvalue weighted by Crippen LogP contribution is -2.33. The third-order valence-corrected chi connectivity index (χ3v) is 3.15. The van der Waals surface area contributed by atoms with Crippen LogP contribution in [-0.4, -0.2) is 37.9 Å². The van der Waals surface area contributed by atoms with Gasteiger partial charge in [0.25, 0.3) is 0 Å². The highest BCUT2D eigenvalue weighted by molar-refractivity contribution is 4.70. The van der Waals surface area contributed by atoms with Gasteiger partial charge in [-0.15, -0.1) is 0 Å². The highest BCUT2D eigenvalue weighted by atomic mass is 16.2. The molecule has 0 aromatic rings. The van der Waals surface area contributed by atoms with Gasteiger partial charge in [-0.05, 0) is 57.8 Å². The molecule has 3 heteroatoms. The van der Waals surface area contributed by atoms with E-state index in [4.69, 9.17) is 5.11 Å². The van der Waals surface area contributed by atoms with Crippen molar-refractivity contribution >= 4 is 0 Å². The molecular weight excluding hydrogens is 188 g/mol. The molecule has 0 aromatic carbocycles. The van der Waals surface area contributed by atoms with E-state index in [-0.39, 0.29) is 0 Å². The van der Waals surface area contributed by atoms with Gasteiger partial charge < -0.3 is 15.7 Å². The number of unbranched alkanes of at least 4 members (excludes halogenated alkanes) is 3. The van der Waals surface area contributed by atoms with E-state index >= 15 is 0 Å². The molecule has 90 valence electrons. The lowest BCUT2D eigenvalue weighted by Gasteiger charge is -2.22. The number of aliphatic hydroxyl groups is 1. The van der Waals surface area contributed by atoms with Crippen molar-refractivity contribution in [3.63, 3.8) is 0 Å². The molecule has 0 bridgehead atoms. The molecular formula is C12H26N2O. The van der Waals surface area contributed by atoms with Gasteiger partial charge in [-0.25, -0.2) is 0 Å². The summed E-state index contributed by atoms with van der Waals surface area (Å²) < 4.78 is 0. The fourth-order valence-corrected chi connectivity index (χ4v) is 2.11. The number of hydrogen-bond acceptors (Lipinski definition) is 3. The van der Waals surface area contributed by atoms with Crippen LogP contribution in [0.2, 0.25) is 0 Å². The van der Waals surface area contributed by atoms with Gasteiger partial charge in [-0.2, -0.15) is 0 Å². The van der Waals surface area contributed by atoms with Gasteiger partial charge in [0.1, 0.15) is 0 Å². The summed E-state index contributed by atoms with van der Waals surface area (Å²) in [5.41, 5.74) is 0. The van der Waals surface area contributed by atoms with Gasteiger partial charge in [0.2, 0.25) is 0 Å². The smallest absolute Gasteiger partial charge is 0.0431 e. The van der Waals surface area contributed by atoms with E-state index in [1.54, 1.807) is 0 Å². The van der Waals surface area contributed by atoms with E-state index in [2.05, 4.69) is 10.6 Å². The Hall–Kier alpha value is -0.120. The summed E-state index contributed by atoms with van der Waals surface area (Å²) in [6.45, 7) is 5.09. The van der Waals surface area contributed by atoms with E-state index in [0.717, 1.165) is 18.9 Å². The molecule has 0 aromatic heterocycles. The minimum absolute atomic E-state index is 0.350. The zero-order chi connectivity index (χ0) is 10.8. The van der Waals surface area contributed by atoms with Crippen LogP contribution in [-0.2, 0) is 0 Å². The van der Waals surface area contributed by atoms with Crippen molar-refractivity contribution in [2.45, 2.75) is 38.5 Å². The van der Waals surface area contributed by atoms with E-state index in [0.29, 0.717) is 6.61 Å². The molecule has 0 radical (unpaired) electrons. The predicted molar refractivity (Wildman–Crippen MR) is 64.0 cm³/mol. The Morgan fingerprint density at radius 2 is 1.80 bits per heavy atom. The van der Waals surface area contributed by atoms with Crippen molar-refractivity contribution in [3.05, 3.63) is 0 Å². The number of rotatable bonds is 8. The Morgan fingerprint density at radius 3 is 2.53 bits per heavy atom. The van der Waals surface area contributed by atoms with E-state index < -0.39 is 0 Å². The van der Waals surface area contributed by atoms with Crippen LogP contribution in [0.15, 0.2) is 0 Å². The lowest BCUT2D eigenvalue weighted by atomic mass is 9.98. The largest absolute Gasteiger partial charge is 0.396 e. The summed E-state index contributed by atoms with van der Waals surface area (Å²) in [7, 11) is 0. The summed E-state index contributed by atoms with van der Waals surface area (Å²) in [4.78, 5) is 0. The molecule has 0 aliphatic carbocycles. The van der Waals surface area contributed by atoms with Crippen molar-refractivity contribution in [2.24, 2.45) is 5.92 Å². The normalized spacial score (nSPS) is 18.2. The molecule has 1 saturated heterocycles. The van der Waals surface area contributed by atoms with Crippen LogP contribution < -0.4 is 10.6 Å². The summed E-state index contributed by atoms with van der Waals surface area (Å²) in [5, 5.41) is 15.5. The SMILES string of the molecule is OCCCCCCNCC1CCNCC1. The number of hydrogen-bond donors (Lipinski definition) is 3. The first-order valence-electron chi connectivity index (χ1n) is 6.46. The average Bonchev–Trinajstić information content (AvgIpc) is 2.29. The first-order valence-corrected chi connectivity index (χ1v) is 6.46. The Morgan fingerprint density at radius 1 is 1.07 bits per heavy atom. The van der Waals surface area contributed by atoms with Crippen LogP contribution in [0.4, 0.5) is 0 Å². The number of aliphatic hydroxyl groups excluding tert-OH is 1. The molecule has 1 fully saturated rings. The third-order valence-electron chi connectivity index (χ3n) is 3.15. The Kier molecular flexibility index (Phi) is 7.88. The first kappa shape index (κ1) is 12.9. The molecule has 15 heavy (non-hydrogen) atoms. The number of piperidine rings is 1. The fourth-order valence-electron chi connectivity index (χ4n) is 2.11. The summed E-state index contributed by atoms with van der Waals surface area (Å²) in [6, 6.07) is 0. The maximum atomic E-state index is 8.62. The monoisotopic (exact) mass is 214 g/mol. The van der Waals surface area contributed by atoms with Gasteiger partial charge in [0.05, 0.1) is 0 Å². The van der Waals surface area contributed by atoms with Gasteiger partial charge in [-0.1, -0.05) is 12.8 Å². The van der Waals surface area contributed by atoms with Crippen LogP contribution in [0, 0.1) is 5.92 Å². The van der Waals surface area contributed by atoms with Gasteiger partial charge in [-0.3, -0.25) is 0 Å². The van der Waals surface area contributed by atoms with Crippen LogP contribution in [0.1, 0.15) is 38.5 Å². The molecule has 0 atom stereocenters. The summed E-state index contributed by atoms with van der Waals surface area (Å²) in [5.74, 6) is 0.892. The van der Waals surface area contributed by atoms with Crippen molar-refractivity contribution in [3.8, 4) is 0 Å². The fraction of sp³-hybridized carbons (Fsp3) is 1.00. The second kappa shape index (κ2) is 9.13. The van der Waals surface area contributed by atoms with Crippen molar-refractivity contribution in [1.29, 1.82) is 0 Å². The van der Waals surface area contributed by atoms with Gasteiger partial charge >= 0.3 is 0 Å². The second-order valence-electron chi connectivity index (χ2n) is 4.54. The molecule has 0 spiro atoms. The quantitative estimate of drug-likeness (QED) is 0.531. The lowest BCUT2D eigenvalue weighted by molar-refractivity contribution is 0.282. The molecule has 1 rings (SSSR count). The average molecular weight is 214 g/mol. The van der Waals surface area contributed by atoms with Gasteiger partial charge in [0, 0.05) is 6.61 Å². The first-order chi connectivity index (χ1) is 7.43. The number of nitrogens with one attached hydrogen (secondary N) is 2. The standard InChI is InChI=1S/C12H26N2O/c15-10-4-2-1-3-7-14-11-12-5-8-13-9-6-12/h12-15H,1-11H2. The predicted octanol–water partition coefficient (Wildman–Crippen LogP) is 1.13. The maximum absolute atomic E-state index is 8.62. The van der Waals surface area contributed by atoms with Crippen molar-refractivity contribution in [2.75, 3.05) is 32.8 Å². The Labute approximate surface area is 93.6 Å². The van der Waals surface area contributed by atoms with Crippen molar-refractivity contribution < 1.29 is 5.11 Å². The van der Waals surface area contributed by atoms with E-state index in [1.807, 2.05) is 0 Å². The molecule has 0 amide bonds. The molecule has 1 aliphatic heterocycles. The second-order valence-corrected chi connectivity index (χ2v) is 4.54. The minimum atomic E-state index is 0.350. The Balaban J connectivity index is 1.79. The maximum Gasteiger partial charge on any atom is 0.0431 e. The molecule has 3 N–H and O–H groups in total.